The molecule has 0 amide bonds. The summed E-state index contributed by atoms with van der Waals surface area (Å²) in [4.78, 5) is 9.04. The van der Waals surface area contributed by atoms with Gasteiger partial charge in [0, 0.05) is 19.0 Å². The predicted octanol–water partition coefficient (Wildman–Crippen LogP) is 4.89. The molecule has 0 atom stereocenters. The average Bonchev–Trinajstić information content (AvgIpc) is 2.73. The molecular weight excluding hydrogens is 354 g/mol. The van der Waals surface area contributed by atoms with Crippen molar-refractivity contribution in [1.82, 2.24) is 9.97 Å². The highest BCUT2D eigenvalue weighted by atomic mass is 32.2. The molecule has 0 unspecified atom stereocenters. The van der Waals surface area contributed by atoms with Crippen LogP contribution < -0.4 is 10.6 Å². The predicted molar refractivity (Wildman–Crippen MR) is 115 cm³/mol. The van der Waals surface area contributed by atoms with Gasteiger partial charge in [-0.1, -0.05) is 72.4 Å². The van der Waals surface area contributed by atoms with Crippen molar-refractivity contribution >= 4 is 35.7 Å². The van der Waals surface area contributed by atoms with Crippen molar-refractivity contribution in [3.63, 3.8) is 0 Å². The van der Waals surface area contributed by atoms with Crippen LogP contribution in [0.4, 0.5) is 11.6 Å². The quantitative estimate of drug-likeness (QED) is 0.297. The Kier molecular flexibility index (Phi) is 6.60. The molecule has 1 aromatic heterocycles. The van der Waals surface area contributed by atoms with Gasteiger partial charge in [-0.2, -0.15) is 0 Å². The summed E-state index contributed by atoms with van der Waals surface area (Å²) in [5.41, 5.74) is 2.86. The molecule has 136 valence electrons. The van der Waals surface area contributed by atoms with Gasteiger partial charge in [0.1, 0.15) is 11.6 Å². The number of benzene rings is 2. The van der Waals surface area contributed by atoms with Crippen molar-refractivity contribution in [2.45, 2.75) is 11.7 Å². The van der Waals surface area contributed by atoms with Gasteiger partial charge in [-0.3, -0.25) is 0 Å². The van der Waals surface area contributed by atoms with Crippen LogP contribution in [-0.4, -0.2) is 22.4 Å². The normalized spacial score (nSPS) is 10.7. The van der Waals surface area contributed by atoms with E-state index in [1.807, 2.05) is 67.1 Å². The molecule has 3 N–H and O–H groups in total. The molecule has 3 aromatic rings. The lowest BCUT2D eigenvalue weighted by Crippen LogP contribution is -2.09. The first-order valence-corrected chi connectivity index (χ1v) is 9.75. The van der Waals surface area contributed by atoms with E-state index in [2.05, 4.69) is 32.7 Å². The molecule has 0 saturated carbocycles. The minimum absolute atomic E-state index is 0.604. The van der Waals surface area contributed by atoms with E-state index in [4.69, 9.17) is 5.41 Å². The van der Waals surface area contributed by atoms with Crippen molar-refractivity contribution in [3.05, 3.63) is 83.6 Å². The molecule has 0 bridgehead atoms. The number of anilines is 2. The molecule has 0 spiro atoms. The molecule has 27 heavy (non-hydrogen) atoms. The summed E-state index contributed by atoms with van der Waals surface area (Å²) < 4.78 is 0. The summed E-state index contributed by atoms with van der Waals surface area (Å²) in [6, 6.07) is 20.1. The van der Waals surface area contributed by atoms with Crippen LogP contribution in [0.3, 0.4) is 0 Å². The lowest BCUT2D eigenvalue weighted by atomic mass is 10.2. The molecular formula is C21H21N5S. The Balaban J connectivity index is 1.82. The fraction of sp³-hybridized carbons (Fsp3) is 0.0952. The summed E-state index contributed by atoms with van der Waals surface area (Å²) >= 11 is 1.47. The zero-order valence-electron chi connectivity index (χ0n) is 15.0. The molecule has 1 heterocycles. The summed E-state index contributed by atoms with van der Waals surface area (Å²) in [5, 5.41) is 15.0. The van der Waals surface area contributed by atoms with Gasteiger partial charge < -0.3 is 16.0 Å². The second-order valence-electron chi connectivity index (χ2n) is 5.69. The van der Waals surface area contributed by atoms with E-state index < -0.39 is 0 Å². The van der Waals surface area contributed by atoms with Crippen LogP contribution in [-0.2, 0) is 6.54 Å². The van der Waals surface area contributed by atoms with Gasteiger partial charge in [-0.25, -0.2) is 9.97 Å². The van der Waals surface area contributed by atoms with E-state index in [9.17, 15) is 0 Å². The maximum Gasteiger partial charge on any atom is 0.191 e. The number of thioether (sulfide) groups is 1. The first-order valence-electron chi connectivity index (χ1n) is 8.52. The minimum Gasteiger partial charge on any atom is -0.365 e. The number of nitrogens with one attached hydrogen (secondary N) is 3. The lowest BCUT2D eigenvalue weighted by molar-refractivity contribution is 0.957. The highest BCUT2D eigenvalue weighted by molar-refractivity contribution is 7.98. The maximum absolute atomic E-state index is 7.82. The topological polar surface area (TPSA) is 73.7 Å². The Morgan fingerprint density at radius 2 is 1.63 bits per heavy atom. The number of hydrogen-bond acceptors (Lipinski definition) is 6. The SMILES string of the molecule is CSc1nc(N/C=C/c2ccccc2)c(C=N)c(NCc2ccccc2)n1. The summed E-state index contributed by atoms with van der Waals surface area (Å²) in [6.45, 7) is 0.631. The monoisotopic (exact) mass is 375 g/mol. The van der Waals surface area contributed by atoms with Crippen LogP contribution in [0.15, 0.2) is 72.0 Å². The first-order chi connectivity index (χ1) is 13.3. The largest absolute Gasteiger partial charge is 0.365 e. The van der Waals surface area contributed by atoms with Gasteiger partial charge in [-0.15, -0.1) is 0 Å². The van der Waals surface area contributed by atoms with E-state index in [0.29, 0.717) is 28.9 Å². The molecule has 6 heteroatoms. The molecule has 0 fully saturated rings. The van der Waals surface area contributed by atoms with Crippen molar-refractivity contribution in [1.29, 1.82) is 5.41 Å². The summed E-state index contributed by atoms with van der Waals surface area (Å²) in [5.74, 6) is 1.25. The van der Waals surface area contributed by atoms with Crippen LogP contribution in [0.1, 0.15) is 16.7 Å². The Labute approximate surface area is 163 Å². The van der Waals surface area contributed by atoms with Crippen LogP contribution in [0.2, 0.25) is 0 Å². The molecule has 2 aromatic carbocycles. The molecule has 0 aliphatic carbocycles. The number of hydrogen-bond donors (Lipinski definition) is 3. The molecule has 0 radical (unpaired) electrons. The second-order valence-corrected chi connectivity index (χ2v) is 6.47. The molecule has 3 rings (SSSR count). The summed E-state index contributed by atoms with van der Waals surface area (Å²) in [7, 11) is 0. The van der Waals surface area contributed by atoms with Crippen LogP contribution in [0.5, 0.6) is 0 Å². The minimum atomic E-state index is 0.604. The Hall–Kier alpha value is -3.12. The Morgan fingerprint density at radius 3 is 2.30 bits per heavy atom. The van der Waals surface area contributed by atoms with Gasteiger partial charge in [0.25, 0.3) is 0 Å². The van der Waals surface area contributed by atoms with Crippen LogP contribution in [0.25, 0.3) is 6.08 Å². The van der Waals surface area contributed by atoms with Crippen molar-refractivity contribution < 1.29 is 0 Å². The Bertz CT molecular complexity index is 911. The highest BCUT2D eigenvalue weighted by Crippen LogP contribution is 2.23. The third-order valence-corrected chi connectivity index (χ3v) is 4.40. The van der Waals surface area contributed by atoms with E-state index in [1.54, 1.807) is 0 Å². The number of rotatable bonds is 8. The third kappa shape index (κ3) is 5.18. The van der Waals surface area contributed by atoms with Crippen LogP contribution in [0, 0.1) is 5.41 Å². The highest BCUT2D eigenvalue weighted by Gasteiger charge is 2.12. The van der Waals surface area contributed by atoms with Gasteiger partial charge in [0.15, 0.2) is 5.16 Å². The zero-order chi connectivity index (χ0) is 18.9. The third-order valence-electron chi connectivity index (χ3n) is 3.85. The Morgan fingerprint density at radius 1 is 0.963 bits per heavy atom. The van der Waals surface area contributed by atoms with Gasteiger partial charge in [0.05, 0.1) is 5.56 Å². The average molecular weight is 376 g/mol. The zero-order valence-corrected chi connectivity index (χ0v) is 15.8. The smallest absolute Gasteiger partial charge is 0.191 e. The van der Waals surface area contributed by atoms with Gasteiger partial charge in [0.2, 0.25) is 0 Å². The molecule has 0 aliphatic heterocycles. The van der Waals surface area contributed by atoms with Crippen LogP contribution >= 0.6 is 11.8 Å². The van der Waals surface area contributed by atoms with Crippen molar-refractivity contribution in [2.24, 2.45) is 0 Å². The van der Waals surface area contributed by atoms with Crippen molar-refractivity contribution in [3.8, 4) is 0 Å². The molecule has 0 aliphatic rings. The standard InChI is InChI=1S/C21H21N5S/c1-27-21-25-19(23-13-12-16-8-4-2-5-9-16)18(14-22)20(26-21)24-15-17-10-6-3-7-11-17/h2-14,22H,15H2,1H3,(H2,23,24,25,26)/b13-12+,22-14?. The van der Waals surface area contributed by atoms with Crippen molar-refractivity contribution in [2.75, 3.05) is 16.9 Å². The number of aromatic nitrogens is 2. The lowest BCUT2D eigenvalue weighted by Gasteiger charge is -2.13. The molecule has 0 saturated heterocycles. The van der Waals surface area contributed by atoms with E-state index >= 15 is 0 Å². The molecule has 5 nitrogen and oxygen atoms in total. The number of nitrogens with zero attached hydrogens (tertiary/aromatic N) is 2. The fourth-order valence-electron chi connectivity index (χ4n) is 2.48. The van der Waals surface area contributed by atoms with E-state index in [0.717, 1.165) is 11.1 Å². The first kappa shape index (κ1) is 18.7. The van der Waals surface area contributed by atoms with Gasteiger partial charge in [-0.05, 0) is 23.5 Å². The second kappa shape index (κ2) is 9.54. The van der Waals surface area contributed by atoms with E-state index in [1.165, 1.54) is 18.0 Å². The van der Waals surface area contributed by atoms with E-state index in [-0.39, 0.29) is 0 Å². The maximum atomic E-state index is 7.82. The summed E-state index contributed by atoms with van der Waals surface area (Å²) in [6.07, 6.45) is 7.00. The fourth-order valence-corrected chi connectivity index (χ4v) is 2.85. The van der Waals surface area contributed by atoms with Gasteiger partial charge >= 0.3 is 0 Å².